The van der Waals surface area contributed by atoms with Gasteiger partial charge >= 0.3 is 0 Å². The zero-order chi connectivity index (χ0) is 34.7. The van der Waals surface area contributed by atoms with Gasteiger partial charge in [-0.05, 0) is 65.4 Å². The normalized spacial score (nSPS) is 18.7. The molecule has 1 aliphatic carbocycles. The van der Waals surface area contributed by atoms with E-state index in [4.69, 9.17) is 9.47 Å². The molecule has 6 aromatic carbocycles. The van der Waals surface area contributed by atoms with Gasteiger partial charge in [0.25, 0.3) is 12.0 Å². The van der Waals surface area contributed by atoms with Crippen LogP contribution in [0.25, 0.3) is 55.0 Å². The van der Waals surface area contributed by atoms with Gasteiger partial charge in [0.2, 0.25) is 0 Å². The Hall–Kier alpha value is -5.17. The van der Waals surface area contributed by atoms with Gasteiger partial charge < -0.3 is 18.6 Å². The Bertz CT molecular complexity index is 3050. The second kappa shape index (κ2) is 10.3. The van der Waals surface area contributed by atoms with Gasteiger partial charge in [-0.25, -0.2) is 0 Å². The van der Waals surface area contributed by atoms with Gasteiger partial charge in [-0.1, -0.05) is 92.7 Å². The average molecular weight is 717 g/mol. The van der Waals surface area contributed by atoms with Crippen LogP contribution >= 0.6 is 23.2 Å². The van der Waals surface area contributed by atoms with Crippen LogP contribution in [0.5, 0.6) is 17.2 Å². The van der Waals surface area contributed by atoms with E-state index >= 15 is 0 Å². The van der Waals surface area contributed by atoms with Gasteiger partial charge in [0, 0.05) is 59.6 Å². The predicted octanol–water partition coefficient (Wildman–Crippen LogP) is 9.88. The van der Waals surface area contributed by atoms with Crippen LogP contribution in [0.4, 0.5) is 0 Å². The smallest absolute Gasteiger partial charge is 0.291 e. The summed E-state index contributed by atoms with van der Waals surface area (Å²) in [5.74, 6) is 3.44. The molecule has 2 aromatic heterocycles. The van der Waals surface area contributed by atoms with E-state index in [1.165, 1.54) is 86.7 Å². The maximum atomic E-state index is 7.28. The highest BCUT2D eigenvalue weighted by molar-refractivity contribution is 8.28. The number of allylic oxidation sites excluding steroid dienone is 2. The lowest BCUT2D eigenvalue weighted by Crippen LogP contribution is -2.52. The van der Waals surface area contributed by atoms with Gasteiger partial charge in [0.1, 0.15) is 23.4 Å². The Morgan fingerprint density at radius 3 is 2.13 bits per heavy atom. The summed E-state index contributed by atoms with van der Waals surface area (Å²) in [6, 6.07) is 40.4. The van der Waals surface area contributed by atoms with Crippen molar-refractivity contribution in [3.05, 3.63) is 133 Å². The lowest BCUT2D eigenvalue weighted by molar-refractivity contribution is 0.244. The summed E-state index contributed by atoms with van der Waals surface area (Å²) >= 11 is 3.99. The lowest BCUT2D eigenvalue weighted by Gasteiger charge is -2.41. The maximum absolute atomic E-state index is 7.28. The summed E-state index contributed by atoms with van der Waals surface area (Å²) in [6.07, 6.45) is 6.73. The van der Waals surface area contributed by atoms with Crippen molar-refractivity contribution < 1.29 is 9.47 Å². The van der Waals surface area contributed by atoms with E-state index in [1.54, 1.807) is 0 Å². The van der Waals surface area contributed by atoms with Crippen LogP contribution in [0, 0.1) is 0 Å². The van der Waals surface area contributed by atoms with Crippen LogP contribution in [0.2, 0.25) is 5.82 Å². The molecule has 53 heavy (non-hydrogen) atoms. The van der Waals surface area contributed by atoms with Crippen molar-refractivity contribution in [2.24, 2.45) is 0 Å². The molecule has 13 rings (SSSR count). The molecular formula is C45H30B2N2O2S2. The number of aromatic nitrogens is 2. The third-order valence-corrected chi connectivity index (χ3v) is 14.9. The Morgan fingerprint density at radius 2 is 1.36 bits per heavy atom. The van der Waals surface area contributed by atoms with E-state index in [0.717, 1.165) is 17.2 Å². The van der Waals surface area contributed by atoms with Gasteiger partial charge in [0.15, 0.2) is 0 Å². The van der Waals surface area contributed by atoms with Gasteiger partial charge in [-0.2, -0.15) is 23.2 Å². The Kier molecular flexibility index (Phi) is 5.68. The topological polar surface area (TPSA) is 28.3 Å². The predicted molar refractivity (Wildman–Crippen MR) is 225 cm³/mol. The van der Waals surface area contributed by atoms with E-state index in [1.807, 2.05) is 23.2 Å². The first-order valence-electron chi connectivity index (χ1n) is 18.6. The minimum Gasteiger partial charge on any atom is -0.486 e. The Balaban J connectivity index is 1.08. The van der Waals surface area contributed by atoms with E-state index in [2.05, 4.69) is 150 Å². The minimum atomic E-state index is -0.0902. The van der Waals surface area contributed by atoms with E-state index in [-0.39, 0.29) is 29.8 Å². The molecule has 8 heteroatoms. The number of nitrogens with zero attached hydrogens (tertiary/aromatic N) is 2. The van der Waals surface area contributed by atoms with E-state index < -0.39 is 0 Å². The van der Waals surface area contributed by atoms with Crippen LogP contribution in [0.3, 0.4) is 0 Å². The number of hydrogen-bond acceptors (Lipinski definition) is 4. The number of hydrogen-bond donors (Lipinski definition) is 0. The lowest BCUT2D eigenvalue weighted by atomic mass is 9.49. The quantitative estimate of drug-likeness (QED) is 0.158. The highest BCUT2D eigenvalue weighted by atomic mass is 32.2. The average Bonchev–Trinajstić information content (AvgIpc) is 3.58. The van der Waals surface area contributed by atoms with E-state index in [9.17, 15) is 0 Å². The second-order valence-electron chi connectivity index (χ2n) is 15.2. The third-order valence-electron chi connectivity index (χ3n) is 12.2. The molecular weight excluding hydrogens is 686 g/mol. The summed E-state index contributed by atoms with van der Waals surface area (Å²) < 4.78 is 19.5. The SMILES string of the molecule is CC(C)c1c2c(cc3c1OC1C=CC=C4C1B3Sc1cccc3c5ccccc5n4c13)B1Sc3cccc4c5ccccc5n(c34)-c3cccc(c31)O2. The fourth-order valence-electron chi connectivity index (χ4n) is 10.1. The molecule has 0 saturated carbocycles. The summed E-state index contributed by atoms with van der Waals surface area (Å²) in [5, 5.41) is 5.18. The molecule has 2 atom stereocenters. The number of para-hydroxylation sites is 4. The Morgan fingerprint density at radius 1 is 0.679 bits per heavy atom. The van der Waals surface area contributed by atoms with Crippen molar-refractivity contribution in [2.45, 2.75) is 41.5 Å². The molecule has 250 valence electrons. The maximum Gasteiger partial charge on any atom is 0.291 e. The largest absolute Gasteiger partial charge is 0.486 e. The molecule has 0 fully saturated rings. The van der Waals surface area contributed by atoms with Crippen LogP contribution in [-0.4, -0.2) is 27.2 Å². The van der Waals surface area contributed by atoms with E-state index in [0.29, 0.717) is 0 Å². The van der Waals surface area contributed by atoms with Crippen molar-refractivity contribution in [2.75, 3.05) is 0 Å². The highest BCUT2D eigenvalue weighted by Crippen LogP contribution is 2.54. The molecule has 0 bridgehead atoms. The van der Waals surface area contributed by atoms with Crippen molar-refractivity contribution in [3.63, 3.8) is 0 Å². The molecule has 4 nitrogen and oxygen atoms in total. The first-order valence-corrected chi connectivity index (χ1v) is 20.3. The summed E-state index contributed by atoms with van der Waals surface area (Å²) in [7, 11) is 0. The van der Waals surface area contributed by atoms with Crippen LogP contribution in [-0.2, 0) is 0 Å². The molecule has 4 aliphatic heterocycles. The fraction of sp³-hybridized carbons (Fsp3) is 0.111. The van der Waals surface area contributed by atoms with Crippen molar-refractivity contribution in [1.29, 1.82) is 0 Å². The summed E-state index contributed by atoms with van der Waals surface area (Å²) in [6.45, 7) is 4.58. The fourth-order valence-corrected chi connectivity index (χ4v) is 13.0. The van der Waals surface area contributed by atoms with Crippen LogP contribution < -0.4 is 25.9 Å². The van der Waals surface area contributed by atoms with Crippen molar-refractivity contribution in [1.82, 2.24) is 9.13 Å². The zero-order valence-electron chi connectivity index (χ0n) is 29.0. The van der Waals surface area contributed by atoms with Gasteiger partial charge in [0.05, 0.1) is 22.1 Å². The molecule has 6 heterocycles. The third kappa shape index (κ3) is 3.64. The van der Waals surface area contributed by atoms with Gasteiger partial charge in [-0.15, -0.1) is 0 Å². The first kappa shape index (κ1) is 29.3. The minimum absolute atomic E-state index is 0.0490. The zero-order valence-corrected chi connectivity index (χ0v) is 30.7. The highest BCUT2D eigenvalue weighted by Gasteiger charge is 2.50. The molecule has 0 radical (unpaired) electrons. The molecule has 0 spiro atoms. The Labute approximate surface area is 315 Å². The van der Waals surface area contributed by atoms with Gasteiger partial charge in [-0.3, -0.25) is 0 Å². The number of rotatable bonds is 1. The molecule has 8 aromatic rings. The monoisotopic (exact) mass is 716 g/mol. The molecule has 0 amide bonds. The first-order chi connectivity index (χ1) is 26.1. The molecule has 0 saturated heterocycles. The summed E-state index contributed by atoms with van der Waals surface area (Å²) in [5.41, 5.74) is 12.5. The summed E-state index contributed by atoms with van der Waals surface area (Å²) in [4.78, 5) is 2.61. The van der Waals surface area contributed by atoms with Crippen LogP contribution in [0.1, 0.15) is 25.3 Å². The second-order valence-corrected chi connectivity index (χ2v) is 17.5. The molecule has 0 N–H and O–H groups in total. The number of benzene rings is 6. The number of ether oxygens (including phenoxy) is 2. The molecule has 2 unspecified atom stereocenters. The number of fused-ring (bicyclic) bond motifs is 12. The van der Waals surface area contributed by atoms with Crippen LogP contribution in [0.15, 0.2) is 137 Å². The van der Waals surface area contributed by atoms with Crippen molar-refractivity contribution in [3.8, 4) is 22.9 Å². The standard InChI is InChI=1S/C45H30B2N2O2S2/c1-24(2)39-44-29(46-40-33(17-9-19-35(40)50-44)48-31-15-5-3-11-25(31)27-13-7-21-37(52-46)42(27)48)23-30-45(39)51-36-20-10-18-34-41(36)47(30)53-38-22-8-14-28-26-12-4-6-16-32(26)49(34)43(28)38/h3-24,35,40H,1-2H3. The van der Waals surface area contributed by atoms with Crippen molar-refractivity contribution >= 4 is 101 Å². The molecule has 5 aliphatic rings.